The summed E-state index contributed by atoms with van der Waals surface area (Å²) in [5.74, 6) is 0. The van der Waals surface area contributed by atoms with Crippen LogP contribution < -0.4 is 4.72 Å². The Bertz CT molecular complexity index is 1480. The Labute approximate surface area is 174 Å². The van der Waals surface area contributed by atoms with Crippen LogP contribution >= 0.6 is 0 Å². The molecule has 5 aromatic rings. The normalized spacial score (nSPS) is 11.8. The van der Waals surface area contributed by atoms with Crippen LogP contribution in [0.4, 0.5) is 5.69 Å². The van der Waals surface area contributed by atoms with E-state index in [0.717, 1.165) is 27.9 Å². The Kier molecular flexibility index (Phi) is 4.29. The second kappa shape index (κ2) is 7.00. The summed E-state index contributed by atoms with van der Waals surface area (Å²) in [6, 6.07) is 24.0. The molecule has 0 atom stereocenters. The van der Waals surface area contributed by atoms with Crippen molar-refractivity contribution in [2.45, 2.75) is 11.8 Å². The van der Waals surface area contributed by atoms with Crippen molar-refractivity contribution in [1.82, 2.24) is 9.38 Å². The fraction of sp³-hybridized carbons (Fsp3) is 0.0417. The molecule has 1 N–H and O–H groups in total. The van der Waals surface area contributed by atoms with Crippen molar-refractivity contribution in [2.24, 2.45) is 0 Å². The predicted molar refractivity (Wildman–Crippen MR) is 120 cm³/mol. The highest BCUT2D eigenvalue weighted by molar-refractivity contribution is 7.93. The monoisotopic (exact) mass is 413 g/mol. The molecule has 0 aliphatic heterocycles. The summed E-state index contributed by atoms with van der Waals surface area (Å²) >= 11 is 0. The summed E-state index contributed by atoms with van der Waals surface area (Å²) in [5.41, 5.74) is 4.29. The number of hydrogen-bond acceptors (Lipinski definition) is 3. The Balaban J connectivity index is 1.45. The average Bonchev–Trinajstić information content (AvgIpc) is 3.16. The van der Waals surface area contributed by atoms with E-state index >= 15 is 0 Å². The standard InChI is InChI=1S/C24H19N3O2S/c1-17-13-14-27-16-22(25-24(27)15-17)19-9-11-20(12-10-19)26-30(28,29)23-8-4-6-18-5-2-3-7-21(18)23/h2-16,26H,1H3. The van der Waals surface area contributed by atoms with E-state index in [9.17, 15) is 8.42 Å². The Morgan fingerprint density at radius 1 is 0.900 bits per heavy atom. The van der Waals surface area contributed by atoms with Crippen LogP contribution in [0.15, 0.2) is 96.2 Å². The minimum atomic E-state index is -3.71. The molecule has 0 unspecified atom stereocenters. The molecule has 3 aromatic carbocycles. The molecule has 30 heavy (non-hydrogen) atoms. The van der Waals surface area contributed by atoms with Gasteiger partial charge in [0, 0.05) is 29.0 Å². The van der Waals surface area contributed by atoms with Gasteiger partial charge in [0.05, 0.1) is 10.6 Å². The average molecular weight is 414 g/mol. The minimum absolute atomic E-state index is 0.264. The van der Waals surface area contributed by atoms with Gasteiger partial charge in [-0.3, -0.25) is 4.72 Å². The summed E-state index contributed by atoms with van der Waals surface area (Å²) in [5, 5.41) is 1.59. The first-order valence-corrected chi connectivity index (χ1v) is 11.0. The predicted octanol–water partition coefficient (Wildman–Crippen LogP) is 5.26. The summed E-state index contributed by atoms with van der Waals surface area (Å²) in [6.45, 7) is 2.03. The van der Waals surface area contributed by atoms with Crippen LogP contribution in [0.3, 0.4) is 0 Å². The van der Waals surface area contributed by atoms with E-state index in [1.54, 1.807) is 24.3 Å². The molecule has 2 heterocycles. The second-order valence-corrected chi connectivity index (χ2v) is 8.91. The number of nitrogens with one attached hydrogen (secondary N) is 1. The van der Waals surface area contributed by atoms with Crippen LogP contribution in [0.5, 0.6) is 0 Å². The van der Waals surface area contributed by atoms with Gasteiger partial charge >= 0.3 is 0 Å². The van der Waals surface area contributed by atoms with Gasteiger partial charge in [-0.2, -0.15) is 0 Å². The van der Waals surface area contributed by atoms with Crippen LogP contribution in [0.2, 0.25) is 0 Å². The number of hydrogen-bond donors (Lipinski definition) is 1. The summed E-state index contributed by atoms with van der Waals surface area (Å²) in [4.78, 5) is 4.92. The summed E-state index contributed by atoms with van der Waals surface area (Å²) < 4.78 is 30.6. The molecule has 6 heteroatoms. The molecule has 5 nitrogen and oxygen atoms in total. The van der Waals surface area contributed by atoms with E-state index in [2.05, 4.69) is 9.71 Å². The molecule has 5 rings (SSSR count). The molecule has 2 aromatic heterocycles. The van der Waals surface area contributed by atoms with E-state index in [4.69, 9.17) is 0 Å². The maximum atomic E-state index is 13.0. The maximum Gasteiger partial charge on any atom is 0.262 e. The molecule has 0 aliphatic carbocycles. The minimum Gasteiger partial charge on any atom is -0.306 e. The second-order valence-electron chi connectivity index (χ2n) is 7.26. The molecule has 0 spiro atoms. The quantitative estimate of drug-likeness (QED) is 0.437. The number of sulfonamides is 1. The van der Waals surface area contributed by atoms with Gasteiger partial charge in [0.1, 0.15) is 5.65 Å². The molecule has 0 saturated heterocycles. The highest BCUT2D eigenvalue weighted by Gasteiger charge is 2.17. The Morgan fingerprint density at radius 3 is 2.50 bits per heavy atom. The third kappa shape index (κ3) is 3.31. The zero-order valence-corrected chi connectivity index (χ0v) is 17.1. The number of aromatic nitrogens is 2. The van der Waals surface area contributed by atoms with E-state index in [0.29, 0.717) is 11.1 Å². The van der Waals surface area contributed by atoms with Crippen molar-refractivity contribution in [3.63, 3.8) is 0 Å². The van der Waals surface area contributed by atoms with Crippen molar-refractivity contribution in [1.29, 1.82) is 0 Å². The Morgan fingerprint density at radius 2 is 1.67 bits per heavy atom. The molecule has 0 amide bonds. The third-order valence-corrected chi connectivity index (χ3v) is 6.53. The number of imidazole rings is 1. The van der Waals surface area contributed by atoms with Gasteiger partial charge in [-0.25, -0.2) is 13.4 Å². The van der Waals surface area contributed by atoms with Gasteiger partial charge in [0.15, 0.2) is 0 Å². The third-order valence-electron chi connectivity index (χ3n) is 5.09. The smallest absolute Gasteiger partial charge is 0.262 e. The van der Waals surface area contributed by atoms with E-state index in [-0.39, 0.29) is 4.90 Å². The van der Waals surface area contributed by atoms with Crippen LogP contribution in [-0.4, -0.2) is 17.8 Å². The largest absolute Gasteiger partial charge is 0.306 e. The van der Waals surface area contributed by atoms with Gasteiger partial charge in [-0.1, -0.05) is 48.5 Å². The highest BCUT2D eigenvalue weighted by atomic mass is 32.2. The summed E-state index contributed by atoms with van der Waals surface area (Å²) in [6.07, 6.45) is 3.94. The van der Waals surface area contributed by atoms with E-state index < -0.39 is 10.0 Å². The molecule has 0 radical (unpaired) electrons. The van der Waals surface area contributed by atoms with Crippen molar-refractivity contribution < 1.29 is 8.42 Å². The zero-order valence-electron chi connectivity index (χ0n) is 16.3. The van der Waals surface area contributed by atoms with Gasteiger partial charge in [0.25, 0.3) is 10.0 Å². The molecule has 0 aliphatic rings. The summed E-state index contributed by atoms with van der Waals surface area (Å²) in [7, 11) is -3.71. The fourth-order valence-corrected chi connectivity index (χ4v) is 4.86. The van der Waals surface area contributed by atoms with Crippen molar-refractivity contribution in [3.05, 3.63) is 96.8 Å². The topological polar surface area (TPSA) is 63.5 Å². The van der Waals surface area contributed by atoms with E-state index in [1.165, 1.54) is 0 Å². The van der Waals surface area contributed by atoms with Crippen LogP contribution in [-0.2, 0) is 10.0 Å². The lowest BCUT2D eigenvalue weighted by molar-refractivity contribution is 0.602. The van der Waals surface area contributed by atoms with Gasteiger partial charge < -0.3 is 4.40 Å². The lowest BCUT2D eigenvalue weighted by atomic mass is 10.1. The lowest BCUT2D eigenvalue weighted by Gasteiger charge is -2.11. The van der Waals surface area contributed by atoms with E-state index in [1.807, 2.05) is 78.3 Å². The first kappa shape index (κ1) is 18.4. The number of fused-ring (bicyclic) bond motifs is 2. The SMILES string of the molecule is Cc1ccn2cc(-c3ccc(NS(=O)(=O)c4cccc5ccccc45)cc3)nc2c1. The molecular formula is C24H19N3O2S. The zero-order chi connectivity index (χ0) is 20.7. The number of pyridine rings is 1. The van der Waals surface area contributed by atoms with Crippen LogP contribution in [0.25, 0.3) is 27.7 Å². The number of aryl methyl sites for hydroxylation is 1. The molecular weight excluding hydrogens is 394 g/mol. The first-order valence-electron chi connectivity index (χ1n) is 9.56. The first-order chi connectivity index (χ1) is 14.5. The van der Waals surface area contributed by atoms with Gasteiger partial charge in [-0.15, -0.1) is 0 Å². The maximum absolute atomic E-state index is 13.0. The van der Waals surface area contributed by atoms with Gasteiger partial charge in [0.2, 0.25) is 0 Å². The lowest BCUT2D eigenvalue weighted by Crippen LogP contribution is -2.13. The van der Waals surface area contributed by atoms with Crippen LogP contribution in [0.1, 0.15) is 5.56 Å². The number of nitrogens with zero attached hydrogens (tertiary/aromatic N) is 2. The fourth-order valence-electron chi connectivity index (χ4n) is 3.57. The van der Waals surface area contributed by atoms with Crippen molar-refractivity contribution in [3.8, 4) is 11.3 Å². The molecule has 0 bridgehead atoms. The number of benzene rings is 3. The molecule has 0 fully saturated rings. The highest BCUT2D eigenvalue weighted by Crippen LogP contribution is 2.26. The van der Waals surface area contributed by atoms with Crippen molar-refractivity contribution >= 4 is 32.1 Å². The van der Waals surface area contributed by atoms with Crippen molar-refractivity contribution in [2.75, 3.05) is 4.72 Å². The Hall–Kier alpha value is -3.64. The van der Waals surface area contributed by atoms with Crippen LogP contribution in [0, 0.1) is 6.92 Å². The molecule has 148 valence electrons. The molecule has 0 saturated carbocycles. The van der Waals surface area contributed by atoms with Gasteiger partial charge in [-0.05, 0) is 48.2 Å². The number of rotatable bonds is 4. The number of anilines is 1.